The van der Waals surface area contributed by atoms with E-state index in [4.69, 9.17) is 9.47 Å². The van der Waals surface area contributed by atoms with Crippen LogP contribution in [0.5, 0.6) is 0 Å². The van der Waals surface area contributed by atoms with Gasteiger partial charge in [0, 0.05) is 12.2 Å². The van der Waals surface area contributed by atoms with Crippen LogP contribution < -0.4 is 0 Å². The van der Waals surface area contributed by atoms with Crippen LogP contribution in [-0.4, -0.2) is 24.6 Å². The number of hydrogen-bond donors (Lipinski definition) is 0. The van der Waals surface area contributed by atoms with Crippen LogP contribution in [0, 0.1) is 0 Å². The first kappa shape index (κ1) is 32.7. The second-order valence-electron chi connectivity index (χ2n) is 9.90. The predicted molar refractivity (Wildman–Crippen MR) is 144 cm³/mol. The molecule has 0 fully saturated rings. The average molecular weight is 481 g/mol. The molecule has 0 aliphatic carbocycles. The van der Waals surface area contributed by atoms with Crippen molar-refractivity contribution in [1.29, 1.82) is 0 Å². The summed E-state index contributed by atoms with van der Waals surface area (Å²) < 4.78 is 10.4. The molecule has 0 rings (SSSR count). The molecule has 0 saturated heterocycles. The fourth-order valence-corrected chi connectivity index (χ4v) is 4.16. The van der Waals surface area contributed by atoms with Crippen LogP contribution in [0.2, 0.25) is 0 Å². The first-order chi connectivity index (χ1) is 16.6. The van der Waals surface area contributed by atoms with Crippen LogP contribution in [0.25, 0.3) is 0 Å². The number of rotatable bonds is 25. The second kappa shape index (κ2) is 26.3. The molecule has 0 N–H and O–H groups in total. The van der Waals surface area contributed by atoms with Crippen LogP contribution in [0.15, 0.2) is 12.2 Å². The minimum absolute atomic E-state index is 0.116. The number of carbonyl (C=O) groups excluding carboxylic acids is 2. The zero-order valence-corrected chi connectivity index (χ0v) is 22.9. The lowest BCUT2D eigenvalue weighted by Crippen LogP contribution is -2.13. The molecule has 0 saturated carbocycles. The van der Waals surface area contributed by atoms with E-state index in [0.29, 0.717) is 6.61 Å². The van der Waals surface area contributed by atoms with Gasteiger partial charge in [-0.15, -0.1) is 0 Å². The van der Waals surface area contributed by atoms with E-state index in [-0.39, 0.29) is 6.10 Å². The smallest absolute Gasteiger partial charge is 0.331 e. The SMILES string of the molecule is CCCCCCCCCCCCCCCCCCCOC(=O)/C=C/C(=O)OC(C)CCCCC. The van der Waals surface area contributed by atoms with Crippen LogP contribution in [0.4, 0.5) is 0 Å². The first-order valence-electron chi connectivity index (χ1n) is 14.7. The Morgan fingerprint density at radius 1 is 0.559 bits per heavy atom. The summed E-state index contributed by atoms with van der Waals surface area (Å²) in [5.74, 6) is -0.939. The minimum atomic E-state index is -0.473. The van der Waals surface area contributed by atoms with Crippen LogP contribution in [-0.2, 0) is 19.1 Å². The Kier molecular flexibility index (Phi) is 25.3. The van der Waals surface area contributed by atoms with Gasteiger partial charge in [-0.05, 0) is 26.2 Å². The van der Waals surface area contributed by atoms with E-state index in [1.165, 1.54) is 108 Å². The van der Waals surface area contributed by atoms with Crippen molar-refractivity contribution in [2.45, 2.75) is 162 Å². The van der Waals surface area contributed by atoms with Crippen molar-refractivity contribution < 1.29 is 19.1 Å². The van der Waals surface area contributed by atoms with E-state index < -0.39 is 11.9 Å². The van der Waals surface area contributed by atoms with Gasteiger partial charge in [-0.2, -0.15) is 0 Å². The van der Waals surface area contributed by atoms with Crippen LogP contribution in [0.3, 0.4) is 0 Å². The molecule has 0 aromatic carbocycles. The molecule has 0 aliphatic rings. The zero-order chi connectivity index (χ0) is 25.1. The minimum Gasteiger partial charge on any atom is -0.463 e. The van der Waals surface area contributed by atoms with Gasteiger partial charge in [0.2, 0.25) is 0 Å². The van der Waals surface area contributed by atoms with E-state index in [1.807, 2.05) is 6.92 Å². The standard InChI is InChI=1S/C30H56O4/c1-4-6-8-9-10-11-12-13-14-15-16-17-18-19-20-21-23-27-33-29(31)25-26-30(32)34-28(3)24-22-7-5-2/h25-26,28H,4-24,27H2,1-3H3/b26-25+. The van der Waals surface area contributed by atoms with Gasteiger partial charge in [0.05, 0.1) is 12.7 Å². The molecular weight excluding hydrogens is 424 g/mol. The highest BCUT2D eigenvalue weighted by Crippen LogP contribution is 2.14. The molecule has 1 atom stereocenters. The van der Waals surface area contributed by atoms with E-state index in [1.54, 1.807) is 0 Å². The number of esters is 2. The Balaban J connectivity index is 3.38. The van der Waals surface area contributed by atoms with Crippen molar-refractivity contribution in [1.82, 2.24) is 0 Å². The molecule has 0 aliphatic heterocycles. The van der Waals surface area contributed by atoms with Gasteiger partial charge in [0.15, 0.2) is 0 Å². The summed E-state index contributed by atoms with van der Waals surface area (Å²) in [7, 11) is 0. The third kappa shape index (κ3) is 25.3. The van der Waals surface area contributed by atoms with E-state index in [9.17, 15) is 9.59 Å². The van der Waals surface area contributed by atoms with Gasteiger partial charge in [0.25, 0.3) is 0 Å². The van der Waals surface area contributed by atoms with Gasteiger partial charge >= 0.3 is 11.9 Å². The van der Waals surface area contributed by atoms with E-state index >= 15 is 0 Å². The predicted octanol–water partition coefficient (Wildman–Crippen LogP) is 9.25. The maximum Gasteiger partial charge on any atom is 0.331 e. The average Bonchev–Trinajstić information content (AvgIpc) is 2.82. The Bertz CT molecular complexity index is 486. The molecule has 0 aromatic heterocycles. The van der Waals surface area contributed by atoms with Crippen molar-refractivity contribution in [2.75, 3.05) is 6.61 Å². The topological polar surface area (TPSA) is 52.6 Å². The summed E-state index contributed by atoms with van der Waals surface area (Å²) >= 11 is 0. The monoisotopic (exact) mass is 480 g/mol. The Hall–Kier alpha value is -1.32. The van der Waals surface area contributed by atoms with Gasteiger partial charge in [0.1, 0.15) is 0 Å². The third-order valence-electron chi connectivity index (χ3n) is 6.38. The maximum absolute atomic E-state index is 11.7. The lowest BCUT2D eigenvalue weighted by molar-refractivity contribution is -0.143. The molecule has 0 heterocycles. The molecule has 4 nitrogen and oxygen atoms in total. The van der Waals surface area contributed by atoms with Gasteiger partial charge in [-0.25, -0.2) is 9.59 Å². The van der Waals surface area contributed by atoms with Crippen molar-refractivity contribution in [3.63, 3.8) is 0 Å². The van der Waals surface area contributed by atoms with Gasteiger partial charge in [-0.3, -0.25) is 0 Å². The summed E-state index contributed by atoms with van der Waals surface area (Å²) in [5, 5.41) is 0. The molecule has 0 spiro atoms. The lowest BCUT2D eigenvalue weighted by atomic mass is 10.0. The van der Waals surface area contributed by atoms with Crippen LogP contribution >= 0.6 is 0 Å². The Morgan fingerprint density at radius 3 is 1.41 bits per heavy atom. The maximum atomic E-state index is 11.7. The van der Waals surface area contributed by atoms with Crippen molar-refractivity contribution >= 4 is 11.9 Å². The molecule has 34 heavy (non-hydrogen) atoms. The second-order valence-corrected chi connectivity index (χ2v) is 9.90. The highest BCUT2D eigenvalue weighted by Gasteiger charge is 2.07. The lowest BCUT2D eigenvalue weighted by Gasteiger charge is -2.10. The molecular formula is C30H56O4. The Labute approximate surface area is 211 Å². The summed E-state index contributed by atoms with van der Waals surface area (Å²) in [4.78, 5) is 23.4. The van der Waals surface area contributed by atoms with Crippen molar-refractivity contribution in [2.24, 2.45) is 0 Å². The summed E-state index contributed by atoms with van der Waals surface area (Å²) in [6.45, 7) is 6.73. The van der Waals surface area contributed by atoms with Crippen molar-refractivity contribution in [3.8, 4) is 0 Å². The molecule has 0 aromatic rings. The summed E-state index contributed by atoms with van der Waals surface area (Å²) in [5.41, 5.74) is 0. The van der Waals surface area contributed by atoms with Gasteiger partial charge in [-0.1, -0.05) is 129 Å². The highest BCUT2D eigenvalue weighted by molar-refractivity contribution is 5.91. The number of hydrogen-bond acceptors (Lipinski definition) is 4. The van der Waals surface area contributed by atoms with E-state index in [2.05, 4.69) is 13.8 Å². The Morgan fingerprint density at radius 2 is 0.941 bits per heavy atom. The largest absolute Gasteiger partial charge is 0.463 e. The quantitative estimate of drug-likeness (QED) is 0.0742. The number of carbonyl (C=O) groups is 2. The molecule has 4 heteroatoms. The van der Waals surface area contributed by atoms with Crippen LogP contribution in [0.1, 0.15) is 156 Å². The summed E-state index contributed by atoms with van der Waals surface area (Å²) in [6.07, 6.45) is 29.0. The molecule has 1 unspecified atom stereocenters. The third-order valence-corrected chi connectivity index (χ3v) is 6.38. The van der Waals surface area contributed by atoms with E-state index in [0.717, 1.165) is 38.5 Å². The number of unbranched alkanes of at least 4 members (excludes halogenated alkanes) is 18. The van der Waals surface area contributed by atoms with Gasteiger partial charge < -0.3 is 9.47 Å². The molecule has 200 valence electrons. The number of ether oxygens (including phenoxy) is 2. The molecule has 0 radical (unpaired) electrons. The normalized spacial score (nSPS) is 12.2. The zero-order valence-electron chi connectivity index (χ0n) is 22.9. The first-order valence-corrected chi connectivity index (χ1v) is 14.7. The molecule has 0 bridgehead atoms. The fourth-order valence-electron chi connectivity index (χ4n) is 4.16. The van der Waals surface area contributed by atoms with Crippen molar-refractivity contribution in [3.05, 3.63) is 12.2 Å². The fraction of sp³-hybridized carbons (Fsp3) is 0.867. The highest BCUT2D eigenvalue weighted by atomic mass is 16.5. The molecule has 0 amide bonds. The summed E-state index contributed by atoms with van der Waals surface area (Å²) in [6, 6.07) is 0.